The van der Waals surface area contributed by atoms with E-state index in [2.05, 4.69) is 0 Å². The molecule has 0 unspecified atom stereocenters. The van der Waals surface area contributed by atoms with Crippen molar-refractivity contribution in [2.24, 2.45) is 11.5 Å². The van der Waals surface area contributed by atoms with Crippen LogP contribution in [0.25, 0.3) is 0 Å². The van der Waals surface area contributed by atoms with Gasteiger partial charge in [-0.15, -0.1) is 0 Å². The Hall–Kier alpha value is -0.480. The number of hydrogen-bond acceptors (Lipinski definition) is 3. The quantitative estimate of drug-likeness (QED) is 0.511. The second-order valence-corrected chi connectivity index (χ2v) is 1.84. The summed E-state index contributed by atoms with van der Waals surface area (Å²) in [6.07, 6.45) is 0.933. The fourth-order valence-corrected chi connectivity index (χ4v) is 0.451. The molecule has 0 saturated heterocycles. The van der Waals surface area contributed by atoms with Gasteiger partial charge < -0.3 is 11.5 Å². The molecule has 0 aromatic heterocycles. The highest BCUT2D eigenvalue weighted by atomic mass is 19.1. The van der Waals surface area contributed by atoms with Crippen LogP contribution in [0.3, 0.4) is 0 Å². The van der Waals surface area contributed by atoms with Crippen LogP contribution in [0.15, 0.2) is 0 Å². The Balaban J connectivity index is 3.27. The van der Waals surface area contributed by atoms with E-state index in [1.165, 1.54) is 0 Å². The van der Waals surface area contributed by atoms with E-state index < -0.39 is 12.1 Å². The van der Waals surface area contributed by atoms with E-state index in [4.69, 9.17) is 11.5 Å². The van der Waals surface area contributed by atoms with E-state index in [9.17, 15) is 9.18 Å². The van der Waals surface area contributed by atoms with Gasteiger partial charge in [0.2, 0.25) is 0 Å². The van der Waals surface area contributed by atoms with E-state index >= 15 is 0 Å². The Morgan fingerprint density at radius 2 is 2.22 bits per heavy atom. The monoisotopic (exact) mass is 134 g/mol. The number of nitrogens with two attached hydrogens (primary N) is 2. The molecular weight excluding hydrogens is 123 g/mol. The zero-order valence-corrected chi connectivity index (χ0v) is 5.14. The van der Waals surface area contributed by atoms with Crippen molar-refractivity contribution in [2.75, 3.05) is 6.54 Å². The lowest BCUT2D eigenvalue weighted by atomic mass is 10.2. The smallest absolute Gasteiger partial charge is 0.318 e. The van der Waals surface area contributed by atoms with Crippen molar-refractivity contribution in [3.8, 4) is 0 Å². The van der Waals surface area contributed by atoms with Gasteiger partial charge in [0.25, 0.3) is 0 Å². The summed E-state index contributed by atoms with van der Waals surface area (Å²) in [5, 5.41) is 0. The number of carbonyl (C=O) groups excluding carboxylic acids is 1. The summed E-state index contributed by atoms with van der Waals surface area (Å²) in [6.45, 7) is 0.445. The molecule has 0 saturated carbocycles. The van der Waals surface area contributed by atoms with Crippen LogP contribution >= 0.6 is 0 Å². The summed E-state index contributed by atoms with van der Waals surface area (Å²) in [4.78, 5) is 9.82. The topological polar surface area (TPSA) is 69.1 Å². The highest BCUT2D eigenvalue weighted by molar-refractivity contribution is 5.73. The molecule has 9 heavy (non-hydrogen) atoms. The maximum Gasteiger partial charge on any atom is 0.318 e. The Morgan fingerprint density at radius 1 is 1.67 bits per heavy atom. The first kappa shape index (κ1) is 8.52. The van der Waals surface area contributed by atoms with Gasteiger partial charge in [-0.1, -0.05) is 0 Å². The second kappa shape index (κ2) is 4.40. The molecule has 0 aliphatic carbocycles. The number of carbonyl (C=O) groups is 1. The van der Waals surface area contributed by atoms with Crippen molar-refractivity contribution >= 4 is 6.04 Å². The van der Waals surface area contributed by atoms with Crippen LogP contribution < -0.4 is 11.5 Å². The minimum absolute atomic E-state index is 0.339. The standard InChI is InChI=1S/C5H11FN2O/c6-5(9)4(8)2-1-3-7/h4H,1-3,7-8H2/t4-/m0/s1. The fourth-order valence-electron chi connectivity index (χ4n) is 0.451. The highest BCUT2D eigenvalue weighted by Gasteiger charge is 2.09. The van der Waals surface area contributed by atoms with Gasteiger partial charge in [-0.05, 0) is 19.4 Å². The molecule has 4 heteroatoms. The zero-order chi connectivity index (χ0) is 7.28. The normalized spacial score (nSPS) is 13.2. The van der Waals surface area contributed by atoms with Gasteiger partial charge >= 0.3 is 6.04 Å². The van der Waals surface area contributed by atoms with Crippen molar-refractivity contribution in [2.45, 2.75) is 18.9 Å². The number of halogens is 1. The predicted molar refractivity (Wildman–Crippen MR) is 32.4 cm³/mol. The minimum atomic E-state index is -1.46. The number of hydrogen-bond donors (Lipinski definition) is 2. The van der Waals surface area contributed by atoms with Crippen molar-refractivity contribution in [3.63, 3.8) is 0 Å². The maximum absolute atomic E-state index is 11.6. The lowest BCUT2D eigenvalue weighted by Crippen LogP contribution is -2.27. The Bertz CT molecular complexity index is 97.0. The summed E-state index contributed by atoms with van der Waals surface area (Å²) >= 11 is 0. The van der Waals surface area contributed by atoms with Crippen LogP contribution in [0.4, 0.5) is 4.39 Å². The van der Waals surface area contributed by atoms with Crippen LogP contribution in [0.1, 0.15) is 12.8 Å². The van der Waals surface area contributed by atoms with Gasteiger partial charge in [-0.3, -0.25) is 4.79 Å². The highest BCUT2D eigenvalue weighted by Crippen LogP contribution is 1.93. The van der Waals surface area contributed by atoms with Gasteiger partial charge in [-0.2, -0.15) is 4.39 Å². The molecular formula is C5H11FN2O. The van der Waals surface area contributed by atoms with E-state index in [-0.39, 0.29) is 0 Å². The van der Waals surface area contributed by atoms with Gasteiger partial charge in [0, 0.05) is 0 Å². The molecule has 0 aromatic carbocycles. The van der Waals surface area contributed by atoms with Crippen LogP contribution in [-0.2, 0) is 4.79 Å². The molecule has 0 aliphatic rings. The first-order chi connectivity index (χ1) is 4.18. The van der Waals surface area contributed by atoms with Crippen molar-refractivity contribution in [3.05, 3.63) is 0 Å². The summed E-state index contributed by atoms with van der Waals surface area (Å²) in [6, 6.07) is -2.42. The molecule has 0 aromatic rings. The zero-order valence-electron chi connectivity index (χ0n) is 5.14. The lowest BCUT2D eigenvalue weighted by Gasteiger charge is -2.01. The van der Waals surface area contributed by atoms with E-state index in [1.54, 1.807) is 0 Å². The third-order valence-corrected chi connectivity index (χ3v) is 1.01. The third kappa shape index (κ3) is 4.05. The first-order valence-corrected chi connectivity index (χ1v) is 2.83. The molecule has 0 bridgehead atoms. The van der Waals surface area contributed by atoms with Gasteiger partial charge in [0.15, 0.2) is 0 Å². The summed E-state index contributed by atoms with van der Waals surface area (Å²) in [7, 11) is 0. The van der Waals surface area contributed by atoms with Crippen LogP contribution in [0, 0.1) is 0 Å². The third-order valence-electron chi connectivity index (χ3n) is 1.01. The van der Waals surface area contributed by atoms with Crippen LogP contribution in [-0.4, -0.2) is 18.6 Å². The molecule has 1 atom stereocenters. The molecule has 0 aliphatic heterocycles. The van der Waals surface area contributed by atoms with Crippen LogP contribution in [0.5, 0.6) is 0 Å². The van der Waals surface area contributed by atoms with E-state index in [1.807, 2.05) is 0 Å². The molecule has 0 amide bonds. The molecule has 0 radical (unpaired) electrons. The first-order valence-electron chi connectivity index (χ1n) is 2.83. The molecule has 0 spiro atoms. The summed E-state index contributed by atoms with van der Waals surface area (Å²) in [5.74, 6) is 0. The minimum Gasteiger partial charge on any atom is -0.330 e. The molecule has 4 N–H and O–H groups in total. The maximum atomic E-state index is 11.6. The Morgan fingerprint density at radius 3 is 2.56 bits per heavy atom. The molecule has 54 valence electrons. The molecule has 0 heterocycles. The Labute approximate surface area is 53.2 Å². The largest absolute Gasteiger partial charge is 0.330 e. The van der Waals surface area contributed by atoms with Crippen molar-refractivity contribution < 1.29 is 9.18 Å². The van der Waals surface area contributed by atoms with Gasteiger partial charge in [0.05, 0.1) is 6.04 Å². The molecule has 0 rings (SSSR count). The lowest BCUT2D eigenvalue weighted by molar-refractivity contribution is -0.130. The van der Waals surface area contributed by atoms with Crippen molar-refractivity contribution in [1.29, 1.82) is 0 Å². The SMILES string of the molecule is NCCC[C@H](N)C(=O)F. The summed E-state index contributed by atoms with van der Waals surface area (Å²) < 4.78 is 11.6. The van der Waals surface area contributed by atoms with E-state index in [0.29, 0.717) is 19.4 Å². The average molecular weight is 134 g/mol. The molecule has 0 fully saturated rings. The van der Waals surface area contributed by atoms with Gasteiger partial charge in [0.1, 0.15) is 0 Å². The molecule has 3 nitrogen and oxygen atoms in total. The fraction of sp³-hybridized carbons (Fsp3) is 0.800. The van der Waals surface area contributed by atoms with E-state index in [0.717, 1.165) is 0 Å². The van der Waals surface area contributed by atoms with Crippen LogP contribution in [0.2, 0.25) is 0 Å². The predicted octanol–water partition coefficient (Wildman–Crippen LogP) is -0.451. The Kier molecular flexibility index (Phi) is 4.17. The van der Waals surface area contributed by atoms with Crippen molar-refractivity contribution in [1.82, 2.24) is 0 Å². The average Bonchev–Trinajstić information content (AvgIpc) is 1.82. The van der Waals surface area contributed by atoms with Gasteiger partial charge in [-0.25, -0.2) is 0 Å². The summed E-state index contributed by atoms with van der Waals surface area (Å²) in [5.41, 5.74) is 10.1. The number of rotatable bonds is 4. The second-order valence-electron chi connectivity index (χ2n) is 1.84.